The van der Waals surface area contributed by atoms with Crippen molar-refractivity contribution in [2.45, 2.75) is 12.7 Å². The summed E-state index contributed by atoms with van der Waals surface area (Å²) >= 11 is 5.69. The fourth-order valence-corrected chi connectivity index (χ4v) is 1.79. The molecule has 0 aromatic heterocycles. The monoisotopic (exact) mass is 253 g/mol. The number of rotatable bonds is 4. The molecule has 0 aliphatic carbocycles. The van der Waals surface area contributed by atoms with Gasteiger partial charge in [0.15, 0.2) is 5.03 Å². The number of cyclic esters (lactones) is 1. The van der Waals surface area contributed by atoms with Gasteiger partial charge < -0.3 is 15.2 Å². The first kappa shape index (κ1) is 12.0. The zero-order valence-corrected chi connectivity index (χ0v) is 9.78. The Morgan fingerprint density at radius 3 is 2.65 bits per heavy atom. The van der Waals surface area contributed by atoms with E-state index in [2.05, 4.69) is 10.1 Å². The van der Waals surface area contributed by atoms with Gasteiger partial charge in [0.25, 0.3) is 0 Å². The number of carbonyl (C=O) groups excluding carboxylic acids is 1. The first-order valence-corrected chi connectivity index (χ1v) is 5.63. The lowest BCUT2D eigenvalue weighted by molar-refractivity contribution is -0.151. The Morgan fingerprint density at radius 2 is 2.06 bits per heavy atom. The van der Waals surface area contributed by atoms with Crippen LogP contribution in [-0.4, -0.2) is 23.9 Å². The van der Waals surface area contributed by atoms with Crippen LogP contribution in [0.5, 0.6) is 0 Å². The van der Waals surface area contributed by atoms with E-state index in [4.69, 9.17) is 11.6 Å². The van der Waals surface area contributed by atoms with Gasteiger partial charge in [0, 0.05) is 6.54 Å². The summed E-state index contributed by atoms with van der Waals surface area (Å²) in [6.07, 6.45) is -0.499. The maximum absolute atomic E-state index is 11.0. The molecule has 1 aliphatic heterocycles. The average Bonchev–Trinajstić information content (AvgIpc) is 2.57. The summed E-state index contributed by atoms with van der Waals surface area (Å²) in [5.74, 6) is -0.693. The lowest BCUT2D eigenvalue weighted by Crippen LogP contribution is -2.24. The molecular weight excluding hydrogens is 242 g/mol. The Balaban J connectivity index is 1.89. The summed E-state index contributed by atoms with van der Waals surface area (Å²) in [5.41, 5.74) is 1.41. The molecule has 0 amide bonds. The molecule has 1 aromatic rings. The summed E-state index contributed by atoms with van der Waals surface area (Å²) in [5, 5.41) is 12.2. The number of aliphatic hydroxyl groups excluding tert-OH is 1. The van der Waals surface area contributed by atoms with Crippen molar-refractivity contribution in [3.8, 4) is 0 Å². The Morgan fingerprint density at radius 1 is 1.35 bits per heavy atom. The third-order valence-corrected chi connectivity index (χ3v) is 2.81. The van der Waals surface area contributed by atoms with Crippen molar-refractivity contribution >= 4 is 17.6 Å². The van der Waals surface area contributed by atoms with Crippen LogP contribution >= 0.6 is 11.6 Å². The van der Waals surface area contributed by atoms with Gasteiger partial charge in [-0.3, -0.25) is 0 Å². The van der Waals surface area contributed by atoms with Crippen LogP contribution in [-0.2, 0) is 16.0 Å². The van der Waals surface area contributed by atoms with Crippen molar-refractivity contribution < 1.29 is 14.6 Å². The number of benzene rings is 1. The number of esters is 1. The molecule has 5 heteroatoms. The van der Waals surface area contributed by atoms with Crippen LogP contribution in [0.2, 0.25) is 0 Å². The van der Waals surface area contributed by atoms with Crippen LogP contribution in [0.4, 0.5) is 0 Å². The quantitative estimate of drug-likeness (QED) is 0.791. The molecule has 0 radical (unpaired) electrons. The van der Waals surface area contributed by atoms with E-state index in [1.165, 1.54) is 0 Å². The normalized spacial score (nSPS) is 19.4. The SMILES string of the molecule is O=C1OC(O)C(NCCc2ccccc2)=C1Cl. The number of hydrogen-bond donors (Lipinski definition) is 2. The molecule has 4 nitrogen and oxygen atoms in total. The van der Waals surface area contributed by atoms with Crippen molar-refractivity contribution in [1.82, 2.24) is 5.32 Å². The number of aliphatic hydroxyl groups is 1. The zero-order valence-electron chi connectivity index (χ0n) is 9.02. The average molecular weight is 254 g/mol. The van der Waals surface area contributed by atoms with Gasteiger partial charge in [0.2, 0.25) is 6.29 Å². The molecule has 0 bridgehead atoms. The number of hydrogen-bond acceptors (Lipinski definition) is 4. The molecule has 1 aliphatic rings. The van der Waals surface area contributed by atoms with Gasteiger partial charge in [0.1, 0.15) is 5.70 Å². The Kier molecular flexibility index (Phi) is 3.66. The molecular formula is C12H12ClNO3. The van der Waals surface area contributed by atoms with E-state index >= 15 is 0 Å². The molecule has 2 N–H and O–H groups in total. The predicted octanol–water partition coefficient (Wildman–Crippen LogP) is 1.14. The van der Waals surface area contributed by atoms with Gasteiger partial charge in [-0.25, -0.2) is 4.79 Å². The van der Waals surface area contributed by atoms with Crippen LogP contribution in [0.15, 0.2) is 41.1 Å². The maximum Gasteiger partial charge on any atom is 0.354 e. The van der Waals surface area contributed by atoms with E-state index in [1.54, 1.807) is 0 Å². The van der Waals surface area contributed by atoms with E-state index in [9.17, 15) is 9.90 Å². The van der Waals surface area contributed by atoms with Gasteiger partial charge >= 0.3 is 5.97 Å². The second kappa shape index (κ2) is 5.21. The molecule has 0 fully saturated rings. The third-order valence-electron chi connectivity index (χ3n) is 2.45. The second-order valence-electron chi connectivity index (χ2n) is 3.65. The van der Waals surface area contributed by atoms with E-state index < -0.39 is 12.3 Å². The summed E-state index contributed by atoms with van der Waals surface area (Å²) in [6.45, 7) is 0.573. The number of ether oxygens (including phenoxy) is 1. The van der Waals surface area contributed by atoms with Gasteiger partial charge in [-0.15, -0.1) is 0 Å². The molecule has 2 rings (SSSR count). The summed E-state index contributed by atoms with van der Waals surface area (Å²) in [7, 11) is 0. The lowest BCUT2D eigenvalue weighted by atomic mass is 10.1. The fraction of sp³-hybridized carbons (Fsp3) is 0.250. The summed E-state index contributed by atoms with van der Waals surface area (Å²) in [4.78, 5) is 11.0. The van der Waals surface area contributed by atoms with Crippen molar-refractivity contribution in [3.05, 3.63) is 46.6 Å². The third kappa shape index (κ3) is 2.78. The first-order chi connectivity index (χ1) is 8.18. The smallest absolute Gasteiger partial charge is 0.354 e. The van der Waals surface area contributed by atoms with E-state index in [0.29, 0.717) is 6.54 Å². The van der Waals surface area contributed by atoms with E-state index in [0.717, 1.165) is 12.0 Å². The van der Waals surface area contributed by atoms with Crippen LogP contribution in [0.25, 0.3) is 0 Å². The van der Waals surface area contributed by atoms with Crippen molar-refractivity contribution in [3.63, 3.8) is 0 Å². The van der Waals surface area contributed by atoms with Crippen LogP contribution < -0.4 is 5.32 Å². The lowest BCUT2D eigenvalue weighted by Gasteiger charge is -2.10. The van der Waals surface area contributed by atoms with Gasteiger partial charge in [-0.05, 0) is 12.0 Å². The molecule has 1 heterocycles. The second-order valence-corrected chi connectivity index (χ2v) is 4.03. The standard InChI is InChI=1S/C12H12ClNO3/c13-9-10(12(16)17-11(9)15)14-7-6-8-4-2-1-3-5-8/h1-5,12,14,16H,6-7H2. The van der Waals surface area contributed by atoms with Crippen LogP contribution in [0, 0.1) is 0 Å². The summed E-state index contributed by atoms with van der Waals surface area (Å²) < 4.78 is 4.54. The first-order valence-electron chi connectivity index (χ1n) is 5.25. The van der Waals surface area contributed by atoms with Crippen LogP contribution in [0.1, 0.15) is 5.56 Å². The highest BCUT2D eigenvalue weighted by molar-refractivity contribution is 6.42. The largest absolute Gasteiger partial charge is 0.425 e. The van der Waals surface area contributed by atoms with Crippen molar-refractivity contribution in [1.29, 1.82) is 0 Å². The number of carbonyl (C=O) groups is 1. The maximum atomic E-state index is 11.0. The highest BCUT2D eigenvalue weighted by Gasteiger charge is 2.31. The number of nitrogens with one attached hydrogen (secondary N) is 1. The molecule has 1 atom stereocenters. The number of halogens is 1. The van der Waals surface area contributed by atoms with Gasteiger partial charge in [0.05, 0.1) is 0 Å². The van der Waals surface area contributed by atoms with Crippen molar-refractivity contribution in [2.75, 3.05) is 6.54 Å². The van der Waals surface area contributed by atoms with Gasteiger partial charge in [-0.2, -0.15) is 0 Å². The minimum atomic E-state index is -1.27. The fourth-order valence-electron chi connectivity index (χ4n) is 1.58. The van der Waals surface area contributed by atoms with Crippen LogP contribution in [0.3, 0.4) is 0 Å². The highest BCUT2D eigenvalue weighted by Crippen LogP contribution is 2.21. The predicted molar refractivity (Wildman–Crippen MR) is 63.1 cm³/mol. The molecule has 1 unspecified atom stereocenters. The molecule has 90 valence electrons. The Labute approximate surface area is 104 Å². The molecule has 17 heavy (non-hydrogen) atoms. The highest BCUT2D eigenvalue weighted by atomic mass is 35.5. The van der Waals surface area contributed by atoms with E-state index in [-0.39, 0.29) is 10.7 Å². The van der Waals surface area contributed by atoms with E-state index in [1.807, 2.05) is 30.3 Å². The summed E-state index contributed by atoms with van der Waals surface area (Å²) in [6, 6.07) is 9.87. The molecule has 1 aromatic carbocycles. The van der Waals surface area contributed by atoms with Gasteiger partial charge in [-0.1, -0.05) is 41.9 Å². The molecule has 0 saturated carbocycles. The Bertz CT molecular complexity index is 444. The Hall–Kier alpha value is -1.52. The minimum Gasteiger partial charge on any atom is -0.425 e. The van der Waals surface area contributed by atoms with Crippen molar-refractivity contribution in [2.24, 2.45) is 0 Å². The minimum absolute atomic E-state index is 0.0782. The molecule has 0 saturated heterocycles. The zero-order chi connectivity index (χ0) is 12.3. The molecule has 0 spiro atoms. The topological polar surface area (TPSA) is 58.6 Å².